The highest BCUT2D eigenvalue weighted by Gasteiger charge is 2.22. The molecule has 0 aliphatic heterocycles. The van der Waals surface area contributed by atoms with Gasteiger partial charge in [-0.05, 0) is 30.5 Å². The van der Waals surface area contributed by atoms with Gasteiger partial charge in [0.1, 0.15) is 10.9 Å². The van der Waals surface area contributed by atoms with Gasteiger partial charge < -0.3 is 5.32 Å². The maximum Gasteiger partial charge on any atom is 0.259 e. The van der Waals surface area contributed by atoms with Crippen molar-refractivity contribution < 1.29 is 4.79 Å². The quantitative estimate of drug-likeness (QED) is 0.759. The Morgan fingerprint density at radius 1 is 1.35 bits per heavy atom. The lowest BCUT2D eigenvalue weighted by atomic mass is 9.94. The molecular formula is C19H19N5OS. The van der Waals surface area contributed by atoms with Gasteiger partial charge in [-0.15, -0.1) is 11.3 Å². The van der Waals surface area contributed by atoms with Crippen LogP contribution in [0.4, 0.5) is 5.69 Å². The molecular weight excluding hydrogens is 346 g/mol. The highest BCUT2D eigenvalue weighted by atomic mass is 32.1. The van der Waals surface area contributed by atoms with Gasteiger partial charge in [-0.3, -0.25) is 4.79 Å². The minimum Gasteiger partial charge on any atom is -0.320 e. The second-order valence-electron chi connectivity index (χ2n) is 6.91. The molecule has 0 aliphatic rings. The summed E-state index contributed by atoms with van der Waals surface area (Å²) in [5.41, 5.74) is 1.59. The molecule has 0 aromatic carbocycles. The number of amides is 1. The number of nitrogens with one attached hydrogen (secondary N) is 1. The molecule has 0 aliphatic carbocycles. The summed E-state index contributed by atoms with van der Waals surface area (Å²) in [5.74, 6) is 0.353. The first-order valence-electron chi connectivity index (χ1n) is 8.13. The van der Waals surface area contributed by atoms with Crippen molar-refractivity contribution in [1.82, 2.24) is 14.8 Å². The van der Waals surface area contributed by atoms with Crippen molar-refractivity contribution in [3.63, 3.8) is 0 Å². The van der Waals surface area contributed by atoms with Gasteiger partial charge in [0.25, 0.3) is 5.91 Å². The van der Waals surface area contributed by atoms with Crippen LogP contribution in [0, 0.1) is 18.3 Å². The molecule has 0 radical (unpaired) electrons. The molecule has 3 aromatic heterocycles. The fourth-order valence-corrected chi connectivity index (χ4v) is 3.44. The van der Waals surface area contributed by atoms with Crippen LogP contribution >= 0.6 is 11.3 Å². The van der Waals surface area contributed by atoms with Gasteiger partial charge in [0.05, 0.1) is 23.1 Å². The van der Waals surface area contributed by atoms with Crippen molar-refractivity contribution in [3.05, 3.63) is 57.7 Å². The van der Waals surface area contributed by atoms with Gasteiger partial charge in [0, 0.05) is 11.1 Å². The van der Waals surface area contributed by atoms with E-state index in [-0.39, 0.29) is 11.3 Å². The Balaban J connectivity index is 1.89. The number of pyridine rings is 1. The summed E-state index contributed by atoms with van der Waals surface area (Å²) in [6, 6.07) is 9.55. The van der Waals surface area contributed by atoms with Crippen LogP contribution in [0.3, 0.4) is 0 Å². The molecule has 6 nitrogen and oxygen atoms in total. The van der Waals surface area contributed by atoms with E-state index in [1.54, 1.807) is 10.9 Å². The lowest BCUT2D eigenvalue weighted by molar-refractivity contribution is 0.102. The number of carbonyl (C=O) groups is 1. The number of carbonyl (C=O) groups excluding carboxylic acids is 1. The third-order valence-electron chi connectivity index (χ3n) is 3.94. The number of hydrogen-bond donors (Lipinski definition) is 1. The number of thiophene rings is 1. The average molecular weight is 365 g/mol. The molecule has 132 valence electrons. The Bertz CT molecular complexity index is 989. The molecule has 0 spiro atoms. The lowest BCUT2D eigenvalue weighted by Crippen LogP contribution is -2.14. The summed E-state index contributed by atoms with van der Waals surface area (Å²) in [5, 5.41) is 16.5. The zero-order valence-corrected chi connectivity index (χ0v) is 15.9. The van der Waals surface area contributed by atoms with E-state index in [0.717, 1.165) is 4.88 Å². The topological polar surface area (TPSA) is 83.6 Å². The standard InChI is InChI=1S/C19H19N5OS/c1-12-13(11-22-24(12)17-7-5-6-8-21-17)18(25)23-14-9-16(19(2,3)4)26-15(14)10-20/h5-9,11H,1-4H3,(H,23,25). The first-order valence-corrected chi connectivity index (χ1v) is 8.94. The van der Waals surface area contributed by atoms with E-state index in [4.69, 9.17) is 0 Å². The Morgan fingerprint density at radius 2 is 2.12 bits per heavy atom. The molecule has 3 aromatic rings. The van der Waals surface area contributed by atoms with Crippen LogP contribution in [0.15, 0.2) is 36.7 Å². The van der Waals surface area contributed by atoms with E-state index in [1.165, 1.54) is 17.5 Å². The van der Waals surface area contributed by atoms with Crippen molar-refractivity contribution in [2.75, 3.05) is 5.32 Å². The maximum atomic E-state index is 12.7. The third kappa shape index (κ3) is 3.37. The molecule has 0 fully saturated rings. The molecule has 1 amide bonds. The van der Waals surface area contributed by atoms with Gasteiger partial charge in [-0.2, -0.15) is 10.4 Å². The molecule has 0 bridgehead atoms. The molecule has 7 heteroatoms. The maximum absolute atomic E-state index is 12.7. The molecule has 1 N–H and O–H groups in total. The predicted octanol–water partition coefficient (Wildman–Crippen LogP) is 4.06. The van der Waals surface area contributed by atoms with Crippen LogP contribution in [0.5, 0.6) is 0 Å². The number of nitrogens with zero attached hydrogens (tertiary/aromatic N) is 4. The number of aromatic nitrogens is 3. The van der Waals surface area contributed by atoms with Crippen molar-refractivity contribution in [2.45, 2.75) is 33.1 Å². The van der Waals surface area contributed by atoms with E-state index >= 15 is 0 Å². The molecule has 3 rings (SSSR count). The molecule has 0 saturated carbocycles. The second kappa shape index (κ2) is 6.73. The summed E-state index contributed by atoms with van der Waals surface area (Å²) in [4.78, 5) is 18.5. The predicted molar refractivity (Wildman–Crippen MR) is 102 cm³/mol. The highest BCUT2D eigenvalue weighted by Crippen LogP contribution is 2.35. The lowest BCUT2D eigenvalue weighted by Gasteiger charge is -2.15. The van der Waals surface area contributed by atoms with E-state index in [2.05, 4.69) is 42.2 Å². The minimum atomic E-state index is -0.292. The van der Waals surface area contributed by atoms with Gasteiger partial charge in [0.2, 0.25) is 0 Å². The van der Waals surface area contributed by atoms with Crippen molar-refractivity contribution >= 4 is 22.9 Å². The van der Waals surface area contributed by atoms with Crippen molar-refractivity contribution in [2.24, 2.45) is 0 Å². The first-order chi connectivity index (χ1) is 12.3. The molecule has 0 unspecified atom stereocenters. The highest BCUT2D eigenvalue weighted by molar-refractivity contribution is 7.13. The van der Waals surface area contributed by atoms with Crippen molar-refractivity contribution in [1.29, 1.82) is 5.26 Å². The Morgan fingerprint density at radius 3 is 2.73 bits per heavy atom. The monoisotopic (exact) mass is 365 g/mol. The Labute approximate surface area is 156 Å². The first kappa shape index (κ1) is 17.8. The van der Waals surface area contributed by atoms with Crippen LogP contribution in [0.1, 0.15) is 46.6 Å². The second-order valence-corrected chi connectivity index (χ2v) is 7.96. The van der Waals surface area contributed by atoms with Gasteiger partial charge in [-0.1, -0.05) is 26.8 Å². The minimum absolute atomic E-state index is 0.0843. The van der Waals surface area contributed by atoms with E-state index in [0.29, 0.717) is 27.6 Å². The smallest absolute Gasteiger partial charge is 0.259 e. The SMILES string of the molecule is Cc1c(C(=O)Nc2cc(C(C)(C)C)sc2C#N)cnn1-c1ccccn1. The number of nitriles is 1. The molecule has 3 heterocycles. The number of anilines is 1. The average Bonchev–Trinajstić information content (AvgIpc) is 3.19. The van der Waals surface area contributed by atoms with E-state index < -0.39 is 0 Å². The largest absolute Gasteiger partial charge is 0.320 e. The van der Waals surface area contributed by atoms with Crippen molar-refractivity contribution in [3.8, 4) is 11.9 Å². The zero-order valence-electron chi connectivity index (χ0n) is 15.1. The van der Waals surface area contributed by atoms with Crippen LogP contribution in [0.2, 0.25) is 0 Å². The van der Waals surface area contributed by atoms with Crippen LogP contribution < -0.4 is 5.32 Å². The Kier molecular flexibility index (Phi) is 4.62. The van der Waals surface area contributed by atoms with E-state index in [1.807, 2.05) is 31.2 Å². The normalized spacial score (nSPS) is 11.2. The summed E-state index contributed by atoms with van der Waals surface area (Å²) in [7, 11) is 0. The molecule has 0 atom stereocenters. The summed E-state index contributed by atoms with van der Waals surface area (Å²) in [6.07, 6.45) is 3.19. The Hall–Kier alpha value is -2.98. The molecule has 26 heavy (non-hydrogen) atoms. The zero-order chi connectivity index (χ0) is 18.9. The fraction of sp³-hybridized carbons (Fsp3) is 0.263. The fourth-order valence-electron chi connectivity index (χ4n) is 2.47. The van der Waals surface area contributed by atoms with Gasteiger partial charge in [-0.25, -0.2) is 9.67 Å². The van der Waals surface area contributed by atoms with Gasteiger partial charge in [0.15, 0.2) is 5.82 Å². The van der Waals surface area contributed by atoms with Crippen LogP contribution in [0.25, 0.3) is 5.82 Å². The summed E-state index contributed by atoms with van der Waals surface area (Å²) in [6.45, 7) is 8.04. The third-order valence-corrected chi connectivity index (χ3v) is 5.41. The van der Waals surface area contributed by atoms with E-state index in [9.17, 15) is 10.1 Å². The summed E-state index contributed by atoms with van der Waals surface area (Å²) < 4.78 is 1.62. The number of hydrogen-bond acceptors (Lipinski definition) is 5. The van der Waals surface area contributed by atoms with Crippen LogP contribution in [-0.2, 0) is 5.41 Å². The summed E-state index contributed by atoms with van der Waals surface area (Å²) >= 11 is 1.40. The molecule has 0 saturated heterocycles. The van der Waals surface area contributed by atoms with Gasteiger partial charge >= 0.3 is 0 Å². The number of rotatable bonds is 3. The van der Waals surface area contributed by atoms with Crippen LogP contribution in [-0.4, -0.2) is 20.7 Å².